The van der Waals surface area contributed by atoms with Crippen molar-refractivity contribution in [2.75, 3.05) is 6.54 Å². The number of benzene rings is 2. The van der Waals surface area contributed by atoms with Crippen LogP contribution in [0.5, 0.6) is 0 Å². The van der Waals surface area contributed by atoms with Crippen LogP contribution in [-0.4, -0.2) is 42.5 Å². The fourth-order valence-corrected chi connectivity index (χ4v) is 5.68. The molecule has 10 heteroatoms. The molecule has 2 aromatic rings. The number of nitrogens with zero attached hydrogens (tertiary/aromatic N) is 1. The van der Waals surface area contributed by atoms with E-state index < -0.39 is 27.9 Å². The highest BCUT2D eigenvalue weighted by Crippen LogP contribution is 2.30. The van der Waals surface area contributed by atoms with Gasteiger partial charge < -0.3 is 10.4 Å². The normalized spacial score (nSPS) is 14.4. The van der Waals surface area contributed by atoms with E-state index in [1.54, 1.807) is 24.3 Å². The van der Waals surface area contributed by atoms with Crippen LogP contribution in [-0.2, 0) is 22.6 Å². The van der Waals surface area contributed by atoms with Crippen LogP contribution >= 0.6 is 12.4 Å². The van der Waals surface area contributed by atoms with Gasteiger partial charge in [0.25, 0.3) is 0 Å². The van der Waals surface area contributed by atoms with E-state index in [-0.39, 0.29) is 47.5 Å². The van der Waals surface area contributed by atoms with Gasteiger partial charge in [0, 0.05) is 24.7 Å². The van der Waals surface area contributed by atoms with Gasteiger partial charge in [0.1, 0.15) is 0 Å². The van der Waals surface area contributed by atoms with E-state index in [0.717, 1.165) is 17.7 Å². The van der Waals surface area contributed by atoms with Crippen molar-refractivity contribution < 1.29 is 26.7 Å². The van der Waals surface area contributed by atoms with E-state index >= 15 is 0 Å². The average Bonchev–Trinajstić information content (AvgIpc) is 2.71. The van der Waals surface area contributed by atoms with E-state index in [1.807, 2.05) is 34.6 Å². The standard InChI is InChI=1S/C24H33F3N2O3S.ClH/c1-16(2)29(17(3)4)33(31,32)22-11-9-19(10-12-22)13-18(5)28-15-23(30)20-7-6-8-21(14-20)24(25,26)27;/h6-12,14,16-18,23,28,30H,13,15H2,1-5H3;1H. The first-order valence-electron chi connectivity index (χ1n) is 10.9. The molecule has 2 unspecified atom stereocenters. The largest absolute Gasteiger partial charge is 0.416 e. The van der Waals surface area contributed by atoms with Crippen LogP contribution < -0.4 is 5.32 Å². The van der Waals surface area contributed by atoms with Gasteiger partial charge in [0.2, 0.25) is 10.0 Å². The van der Waals surface area contributed by atoms with Crippen molar-refractivity contribution in [2.24, 2.45) is 0 Å². The van der Waals surface area contributed by atoms with Crippen molar-refractivity contribution in [1.29, 1.82) is 0 Å². The molecule has 0 heterocycles. The van der Waals surface area contributed by atoms with Gasteiger partial charge >= 0.3 is 6.18 Å². The molecule has 0 saturated heterocycles. The Morgan fingerprint density at radius 1 is 0.971 bits per heavy atom. The summed E-state index contributed by atoms with van der Waals surface area (Å²) < 4.78 is 66.0. The highest BCUT2D eigenvalue weighted by atomic mass is 35.5. The van der Waals surface area contributed by atoms with Gasteiger partial charge in [0.15, 0.2) is 0 Å². The minimum atomic E-state index is -4.46. The first kappa shape index (κ1) is 30.4. The van der Waals surface area contributed by atoms with Crippen molar-refractivity contribution in [3.05, 3.63) is 65.2 Å². The zero-order valence-electron chi connectivity index (χ0n) is 20.0. The number of aliphatic hydroxyl groups is 1. The lowest BCUT2D eigenvalue weighted by Gasteiger charge is -2.29. The summed E-state index contributed by atoms with van der Waals surface area (Å²) in [6.45, 7) is 9.34. The van der Waals surface area contributed by atoms with Crippen LogP contribution in [0.1, 0.15) is 57.4 Å². The maximum Gasteiger partial charge on any atom is 0.416 e. The molecule has 0 spiro atoms. The second kappa shape index (κ2) is 12.4. The Bertz CT molecular complexity index is 1000. The Labute approximate surface area is 206 Å². The molecule has 0 radical (unpaired) electrons. The van der Waals surface area contributed by atoms with Crippen molar-refractivity contribution in [2.45, 2.75) is 76.3 Å². The van der Waals surface area contributed by atoms with Crippen LogP contribution in [0.2, 0.25) is 0 Å². The summed E-state index contributed by atoms with van der Waals surface area (Å²) in [4.78, 5) is 0.231. The van der Waals surface area contributed by atoms with Crippen LogP contribution in [0, 0.1) is 0 Å². The Hall–Kier alpha value is -1.65. The third-order valence-electron chi connectivity index (χ3n) is 5.32. The minimum Gasteiger partial charge on any atom is -0.387 e. The van der Waals surface area contributed by atoms with Crippen molar-refractivity contribution in [3.63, 3.8) is 0 Å². The van der Waals surface area contributed by atoms with Crippen molar-refractivity contribution in [1.82, 2.24) is 9.62 Å². The van der Waals surface area contributed by atoms with E-state index in [2.05, 4.69) is 5.32 Å². The maximum absolute atomic E-state index is 13.0. The number of nitrogens with one attached hydrogen (secondary N) is 1. The molecular weight excluding hydrogens is 489 g/mol. The summed E-state index contributed by atoms with van der Waals surface area (Å²) in [7, 11) is -3.61. The molecule has 0 aromatic heterocycles. The number of alkyl halides is 3. The average molecular weight is 523 g/mol. The first-order chi connectivity index (χ1) is 15.2. The summed E-state index contributed by atoms with van der Waals surface area (Å²) >= 11 is 0. The molecule has 5 nitrogen and oxygen atoms in total. The molecule has 34 heavy (non-hydrogen) atoms. The fourth-order valence-electron chi connectivity index (χ4n) is 3.85. The first-order valence-corrected chi connectivity index (χ1v) is 12.4. The smallest absolute Gasteiger partial charge is 0.387 e. The predicted octanol–water partition coefficient (Wildman–Crippen LogP) is 5.19. The Kier molecular flexibility index (Phi) is 11.0. The van der Waals surface area contributed by atoms with Gasteiger partial charge in [-0.3, -0.25) is 0 Å². The molecule has 2 N–H and O–H groups in total. The second-order valence-electron chi connectivity index (χ2n) is 8.82. The molecule has 0 saturated carbocycles. The van der Waals surface area contributed by atoms with E-state index in [0.29, 0.717) is 6.42 Å². The predicted molar refractivity (Wildman–Crippen MR) is 131 cm³/mol. The third kappa shape index (κ3) is 7.95. The molecule has 2 atom stereocenters. The zero-order valence-corrected chi connectivity index (χ0v) is 21.6. The van der Waals surface area contributed by atoms with Gasteiger partial charge in [-0.2, -0.15) is 17.5 Å². The Balaban J connectivity index is 0.00000578. The van der Waals surface area contributed by atoms with Crippen molar-refractivity contribution >= 4 is 22.4 Å². The number of hydrogen-bond donors (Lipinski definition) is 2. The monoisotopic (exact) mass is 522 g/mol. The van der Waals surface area contributed by atoms with E-state index in [1.165, 1.54) is 16.4 Å². The molecule has 2 aromatic carbocycles. The summed E-state index contributed by atoms with van der Waals surface area (Å²) in [5.41, 5.74) is 0.303. The molecule has 2 rings (SSSR count). The Morgan fingerprint density at radius 2 is 1.53 bits per heavy atom. The molecule has 0 bridgehead atoms. The summed E-state index contributed by atoms with van der Waals surface area (Å²) in [6, 6.07) is 10.9. The second-order valence-corrected chi connectivity index (χ2v) is 10.7. The lowest BCUT2D eigenvalue weighted by molar-refractivity contribution is -0.137. The number of aliphatic hydroxyl groups excluding tert-OH is 1. The van der Waals surface area contributed by atoms with Gasteiger partial charge in [-0.1, -0.05) is 24.3 Å². The van der Waals surface area contributed by atoms with Crippen LogP contribution in [0.15, 0.2) is 53.4 Å². The summed E-state index contributed by atoms with van der Waals surface area (Å²) in [5, 5.41) is 13.4. The summed E-state index contributed by atoms with van der Waals surface area (Å²) in [6.07, 6.45) is -4.98. The van der Waals surface area contributed by atoms with Crippen LogP contribution in [0.3, 0.4) is 0 Å². The summed E-state index contributed by atoms with van der Waals surface area (Å²) in [5.74, 6) is 0. The van der Waals surface area contributed by atoms with Gasteiger partial charge in [-0.05, 0) is 76.4 Å². The molecule has 0 fully saturated rings. The quantitative estimate of drug-likeness (QED) is 0.450. The van der Waals surface area contributed by atoms with Gasteiger partial charge in [-0.15, -0.1) is 12.4 Å². The van der Waals surface area contributed by atoms with Gasteiger partial charge in [0.05, 0.1) is 16.6 Å². The highest BCUT2D eigenvalue weighted by molar-refractivity contribution is 7.89. The molecule has 192 valence electrons. The lowest BCUT2D eigenvalue weighted by Crippen LogP contribution is -2.41. The highest BCUT2D eigenvalue weighted by Gasteiger charge is 2.31. The molecular formula is C24H34ClF3N2O3S. The topological polar surface area (TPSA) is 69.6 Å². The number of hydrogen-bond acceptors (Lipinski definition) is 4. The molecule has 0 aliphatic rings. The zero-order chi connectivity index (χ0) is 25.0. The Morgan fingerprint density at radius 3 is 2.03 bits per heavy atom. The molecule has 0 aliphatic carbocycles. The lowest BCUT2D eigenvalue weighted by atomic mass is 10.0. The van der Waals surface area contributed by atoms with E-state index in [9.17, 15) is 26.7 Å². The molecule has 0 amide bonds. The fraction of sp³-hybridized carbons (Fsp3) is 0.500. The van der Waals surface area contributed by atoms with Crippen LogP contribution in [0.25, 0.3) is 0 Å². The van der Waals surface area contributed by atoms with Crippen LogP contribution in [0.4, 0.5) is 13.2 Å². The number of halogens is 4. The maximum atomic E-state index is 13.0. The minimum absolute atomic E-state index is 0. The SMILES string of the molecule is CC(Cc1ccc(S(=O)(=O)N(C(C)C)C(C)C)cc1)NCC(O)c1cccc(C(F)(F)F)c1.Cl. The van der Waals surface area contributed by atoms with E-state index in [4.69, 9.17) is 0 Å². The van der Waals surface area contributed by atoms with Gasteiger partial charge in [-0.25, -0.2) is 8.42 Å². The third-order valence-corrected chi connectivity index (χ3v) is 7.58. The van der Waals surface area contributed by atoms with Crippen molar-refractivity contribution in [3.8, 4) is 0 Å². The number of sulfonamides is 1. The number of rotatable bonds is 10. The molecule has 0 aliphatic heterocycles.